The number of para-hydroxylation sites is 1. The lowest BCUT2D eigenvalue weighted by atomic mass is 9.98. The van der Waals surface area contributed by atoms with Crippen molar-refractivity contribution in [2.45, 2.75) is 0 Å². The number of fused-ring (bicyclic) bond motifs is 1. The summed E-state index contributed by atoms with van der Waals surface area (Å²) in [5, 5.41) is 0.557. The quantitative estimate of drug-likeness (QED) is 0.562. The van der Waals surface area contributed by atoms with Crippen LogP contribution in [0.25, 0.3) is 33.4 Å². The summed E-state index contributed by atoms with van der Waals surface area (Å²) < 4.78 is 4.74. The van der Waals surface area contributed by atoms with E-state index in [4.69, 9.17) is 4.74 Å². The summed E-state index contributed by atoms with van der Waals surface area (Å²) >= 11 is 0. The van der Waals surface area contributed by atoms with Gasteiger partial charge >= 0.3 is 5.97 Å². The molecule has 4 rings (SSSR count). The summed E-state index contributed by atoms with van der Waals surface area (Å²) in [6.45, 7) is 0. The lowest BCUT2D eigenvalue weighted by Crippen LogP contribution is -2.09. The van der Waals surface area contributed by atoms with E-state index in [1.54, 1.807) is 18.2 Å². The molecule has 132 valence electrons. The first-order valence-corrected chi connectivity index (χ1v) is 8.44. The molecule has 1 aromatic heterocycles. The fraction of sp³-hybridized carbons (Fsp3) is 0.0455. The van der Waals surface area contributed by atoms with Gasteiger partial charge in [0.05, 0.1) is 23.6 Å². The first kappa shape index (κ1) is 16.7. The maximum Gasteiger partial charge on any atom is 0.337 e. The molecule has 1 N–H and O–H groups in total. The van der Waals surface area contributed by atoms with Crippen LogP contribution in [0.2, 0.25) is 0 Å². The monoisotopic (exact) mass is 356 g/mol. The highest BCUT2D eigenvalue weighted by atomic mass is 16.5. The predicted octanol–water partition coefficient (Wildman–Crippen LogP) is 4.04. The van der Waals surface area contributed by atoms with Crippen LogP contribution in [0.15, 0.2) is 77.6 Å². The third-order valence-corrected chi connectivity index (χ3v) is 4.41. The normalized spacial score (nSPS) is 10.7. The van der Waals surface area contributed by atoms with Gasteiger partial charge in [-0.2, -0.15) is 0 Å². The van der Waals surface area contributed by atoms with Gasteiger partial charge in [-0.25, -0.2) is 9.78 Å². The molecule has 0 amide bonds. The Morgan fingerprint density at radius 3 is 2.30 bits per heavy atom. The number of carbonyl (C=O) groups excluding carboxylic acids is 1. The molecule has 0 spiro atoms. The molecular weight excluding hydrogens is 340 g/mol. The zero-order chi connectivity index (χ0) is 18.8. The summed E-state index contributed by atoms with van der Waals surface area (Å²) in [5.41, 5.74) is 3.59. The number of carbonyl (C=O) groups is 1. The predicted molar refractivity (Wildman–Crippen MR) is 105 cm³/mol. The summed E-state index contributed by atoms with van der Waals surface area (Å²) in [5.74, 6) is 0.127. The van der Waals surface area contributed by atoms with Gasteiger partial charge in [0.2, 0.25) is 0 Å². The molecule has 0 aliphatic rings. The van der Waals surface area contributed by atoms with E-state index in [9.17, 15) is 9.59 Å². The van der Waals surface area contributed by atoms with Gasteiger partial charge in [-0.15, -0.1) is 0 Å². The van der Waals surface area contributed by atoms with Crippen LogP contribution in [0.4, 0.5) is 0 Å². The SMILES string of the molecule is COC(=O)c1ccc(-c2ccccc2-c2nc3ccccc3c(=O)[nH]2)cc1. The van der Waals surface area contributed by atoms with Crippen molar-refractivity contribution in [1.29, 1.82) is 0 Å². The van der Waals surface area contributed by atoms with Gasteiger partial charge in [0.25, 0.3) is 5.56 Å². The van der Waals surface area contributed by atoms with E-state index >= 15 is 0 Å². The van der Waals surface area contributed by atoms with E-state index in [1.165, 1.54) is 7.11 Å². The number of benzene rings is 3. The number of rotatable bonds is 3. The zero-order valence-corrected chi connectivity index (χ0v) is 14.6. The second-order valence-electron chi connectivity index (χ2n) is 6.05. The Labute approximate surface area is 155 Å². The molecule has 5 heteroatoms. The Hall–Kier alpha value is -3.73. The Morgan fingerprint density at radius 1 is 0.889 bits per heavy atom. The molecule has 0 aliphatic heterocycles. The molecule has 5 nitrogen and oxygen atoms in total. The van der Waals surface area contributed by atoms with Gasteiger partial charge in [0.1, 0.15) is 5.82 Å². The van der Waals surface area contributed by atoms with Crippen LogP contribution in [0, 0.1) is 0 Å². The number of aromatic nitrogens is 2. The first-order chi connectivity index (χ1) is 13.2. The maximum absolute atomic E-state index is 12.4. The topological polar surface area (TPSA) is 72.0 Å². The number of H-pyrrole nitrogens is 1. The maximum atomic E-state index is 12.4. The lowest BCUT2D eigenvalue weighted by molar-refractivity contribution is 0.0601. The van der Waals surface area contributed by atoms with Gasteiger partial charge in [-0.1, -0.05) is 48.5 Å². The lowest BCUT2D eigenvalue weighted by Gasteiger charge is -2.10. The molecule has 0 aliphatic carbocycles. The molecule has 0 saturated heterocycles. The summed E-state index contributed by atoms with van der Waals surface area (Å²) in [6, 6.07) is 22.1. The number of aromatic amines is 1. The zero-order valence-electron chi connectivity index (χ0n) is 14.6. The van der Waals surface area contributed by atoms with Crippen LogP contribution in [-0.4, -0.2) is 23.0 Å². The van der Waals surface area contributed by atoms with E-state index < -0.39 is 0 Å². The van der Waals surface area contributed by atoms with Gasteiger partial charge < -0.3 is 9.72 Å². The number of hydrogen-bond donors (Lipinski definition) is 1. The smallest absolute Gasteiger partial charge is 0.337 e. The van der Waals surface area contributed by atoms with Crippen LogP contribution in [0.1, 0.15) is 10.4 Å². The molecule has 0 unspecified atom stereocenters. The number of hydrogen-bond acceptors (Lipinski definition) is 4. The molecule has 0 bridgehead atoms. The molecule has 0 atom stereocenters. The highest BCUT2D eigenvalue weighted by Gasteiger charge is 2.12. The van der Waals surface area contributed by atoms with Crippen LogP contribution in [0.5, 0.6) is 0 Å². The molecule has 0 radical (unpaired) electrons. The summed E-state index contributed by atoms with van der Waals surface area (Å²) in [4.78, 5) is 31.6. The van der Waals surface area contributed by atoms with Crippen LogP contribution in [-0.2, 0) is 4.74 Å². The van der Waals surface area contributed by atoms with Crippen molar-refractivity contribution in [3.8, 4) is 22.5 Å². The molecule has 27 heavy (non-hydrogen) atoms. The van der Waals surface area contributed by atoms with Crippen molar-refractivity contribution in [2.24, 2.45) is 0 Å². The molecule has 1 heterocycles. The Kier molecular flexibility index (Phi) is 4.26. The van der Waals surface area contributed by atoms with Crippen LogP contribution >= 0.6 is 0 Å². The summed E-state index contributed by atoms with van der Waals surface area (Å²) in [7, 11) is 1.35. The van der Waals surface area contributed by atoms with E-state index in [0.29, 0.717) is 22.3 Å². The average Bonchev–Trinajstić information content (AvgIpc) is 2.73. The molecule has 0 saturated carbocycles. The molecule has 4 aromatic rings. The second kappa shape index (κ2) is 6.88. The van der Waals surface area contributed by atoms with E-state index in [1.807, 2.05) is 54.6 Å². The minimum atomic E-state index is -0.379. The number of methoxy groups -OCH3 is 1. The summed E-state index contributed by atoms with van der Waals surface area (Å²) in [6.07, 6.45) is 0. The highest BCUT2D eigenvalue weighted by Crippen LogP contribution is 2.30. The fourth-order valence-electron chi connectivity index (χ4n) is 3.06. The van der Waals surface area contributed by atoms with E-state index in [2.05, 4.69) is 9.97 Å². The van der Waals surface area contributed by atoms with Crippen LogP contribution < -0.4 is 5.56 Å². The number of ether oxygens (including phenoxy) is 1. The minimum Gasteiger partial charge on any atom is -0.465 e. The third-order valence-electron chi connectivity index (χ3n) is 4.41. The van der Waals surface area contributed by atoms with Gasteiger partial charge in [0, 0.05) is 5.56 Å². The largest absolute Gasteiger partial charge is 0.465 e. The first-order valence-electron chi connectivity index (χ1n) is 8.44. The van der Waals surface area contributed by atoms with Crippen molar-refractivity contribution in [1.82, 2.24) is 9.97 Å². The van der Waals surface area contributed by atoms with Gasteiger partial charge in [-0.05, 0) is 35.4 Å². The molecule has 0 fully saturated rings. The number of nitrogens with zero attached hydrogens (tertiary/aromatic N) is 1. The minimum absolute atomic E-state index is 0.175. The standard InChI is InChI=1S/C22H16N2O3/c1-27-22(26)15-12-10-14(11-13-15)16-6-2-3-7-17(16)20-23-19-9-5-4-8-18(19)21(25)24-20/h2-13H,1H3,(H,23,24,25). The van der Waals surface area contributed by atoms with Crippen LogP contribution in [0.3, 0.4) is 0 Å². The average molecular weight is 356 g/mol. The van der Waals surface area contributed by atoms with Crippen molar-refractivity contribution in [2.75, 3.05) is 7.11 Å². The fourth-order valence-corrected chi connectivity index (χ4v) is 3.06. The Morgan fingerprint density at radius 2 is 1.56 bits per heavy atom. The van der Waals surface area contributed by atoms with Crippen molar-refractivity contribution in [3.05, 3.63) is 88.7 Å². The third kappa shape index (κ3) is 3.11. The molecular formula is C22H16N2O3. The highest BCUT2D eigenvalue weighted by molar-refractivity contribution is 5.91. The van der Waals surface area contributed by atoms with Crippen molar-refractivity contribution in [3.63, 3.8) is 0 Å². The Balaban J connectivity index is 1.85. The molecule has 3 aromatic carbocycles. The number of esters is 1. The number of nitrogens with one attached hydrogen (secondary N) is 1. The Bertz CT molecular complexity index is 1190. The van der Waals surface area contributed by atoms with Gasteiger partial charge in [-0.3, -0.25) is 4.79 Å². The second-order valence-corrected chi connectivity index (χ2v) is 6.05. The van der Waals surface area contributed by atoms with E-state index in [0.717, 1.165) is 16.7 Å². The van der Waals surface area contributed by atoms with Crippen molar-refractivity contribution >= 4 is 16.9 Å². The van der Waals surface area contributed by atoms with E-state index in [-0.39, 0.29) is 11.5 Å². The van der Waals surface area contributed by atoms with Crippen molar-refractivity contribution < 1.29 is 9.53 Å². The van der Waals surface area contributed by atoms with Gasteiger partial charge in [0.15, 0.2) is 0 Å².